The smallest absolute Gasteiger partial charge is 0.274 e. The van der Waals surface area contributed by atoms with Crippen LogP contribution in [0.1, 0.15) is 27.4 Å². The minimum atomic E-state index is -0.618. The molecule has 0 saturated heterocycles. The molecule has 1 aromatic carbocycles. The Hall–Kier alpha value is -3.16. The summed E-state index contributed by atoms with van der Waals surface area (Å²) in [6.45, 7) is 3.35. The lowest BCUT2D eigenvalue weighted by Gasteiger charge is -2.08. The number of aryl methyl sites for hydroxylation is 2. The molecule has 8 nitrogen and oxygen atoms in total. The molecule has 8 heteroatoms. The van der Waals surface area contributed by atoms with Gasteiger partial charge in [-0.25, -0.2) is 5.43 Å². The zero-order chi connectivity index (χ0) is 16.3. The summed E-state index contributed by atoms with van der Waals surface area (Å²) in [5.41, 5.74) is 2.35. The van der Waals surface area contributed by atoms with Gasteiger partial charge < -0.3 is 9.52 Å². The van der Waals surface area contributed by atoms with E-state index in [0.29, 0.717) is 17.1 Å². The van der Waals surface area contributed by atoms with E-state index in [2.05, 4.69) is 10.5 Å². The van der Waals surface area contributed by atoms with Crippen molar-refractivity contribution in [3.63, 3.8) is 0 Å². The molecule has 2 rings (SSSR count). The molecule has 0 bridgehead atoms. The summed E-state index contributed by atoms with van der Waals surface area (Å²) in [4.78, 5) is 21.9. The molecule has 2 aromatic rings. The number of benzene rings is 1. The molecule has 0 aliphatic carbocycles. The lowest BCUT2D eigenvalue weighted by molar-refractivity contribution is -0.385. The number of hydrogen-bond acceptors (Lipinski definition) is 6. The van der Waals surface area contributed by atoms with Crippen molar-refractivity contribution >= 4 is 17.8 Å². The number of nitro groups is 1. The largest absolute Gasteiger partial charge is 0.872 e. The van der Waals surface area contributed by atoms with Crippen LogP contribution < -0.4 is 10.5 Å². The van der Waals surface area contributed by atoms with Crippen molar-refractivity contribution in [2.45, 2.75) is 13.8 Å². The Bertz CT molecular complexity index is 764. The zero-order valence-electron chi connectivity index (χ0n) is 11.8. The van der Waals surface area contributed by atoms with Gasteiger partial charge in [0.1, 0.15) is 11.5 Å². The summed E-state index contributed by atoms with van der Waals surface area (Å²) in [5, 5.41) is 25.8. The van der Waals surface area contributed by atoms with E-state index >= 15 is 0 Å². The van der Waals surface area contributed by atoms with Gasteiger partial charge in [0.2, 0.25) is 0 Å². The average Bonchev–Trinajstić information content (AvgIpc) is 2.79. The van der Waals surface area contributed by atoms with E-state index in [0.717, 1.165) is 24.4 Å². The second kappa shape index (κ2) is 6.08. The fourth-order valence-corrected chi connectivity index (χ4v) is 1.83. The number of carbonyl (C=O) groups is 1. The molecule has 0 radical (unpaired) electrons. The number of nitro benzene ring substituents is 1. The molecule has 0 atom stereocenters. The van der Waals surface area contributed by atoms with Gasteiger partial charge in [-0.1, -0.05) is 11.8 Å². The van der Waals surface area contributed by atoms with Crippen LogP contribution in [0.5, 0.6) is 5.75 Å². The number of furan rings is 1. The number of nitrogens with one attached hydrogen (secondary N) is 1. The Labute approximate surface area is 125 Å². The van der Waals surface area contributed by atoms with E-state index in [4.69, 9.17) is 4.42 Å². The molecule has 1 amide bonds. The highest BCUT2D eigenvalue weighted by molar-refractivity contribution is 5.96. The minimum absolute atomic E-state index is 0.00889. The maximum absolute atomic E-state index is 11.9. The lowest BCUT2D eigenvalue weighted by atomic mass is 10.2. The van der Waals surface area contributed by atoms with Crippen LogP contribution in [0.2, 0.25) is 0 Å². The number of hydrazone groups is 1. The quantitative estimate of drug-likeness (QED) is 0.522. The maximum Gasteiger partial charge on any atom is 0.274 e. The standard InChI is InChI=1S/C14H13N3O5/c1-8-5-12(9(2)22-8)14(19)16-15-7-10-6-11(17(20)21)3-4-13(10)18/h3-7,18H,1-2H3,(H,16,19)/p-1/b15-7-. The second-order valence-electron chi connectivity index (χ2n) is 4.51. The molecule has 1 aromatic heterocycles. The van der Waals surface area contributed by atoms with E-state index < -0.39 is 16.6 Å². The summed E-state index contributed by atoms with van der Waals surface area (Å²) in [6.07, 6.45) is 1.06. The highest BCUT2D eigenvalue weighted by Gasteiger charge is 2.12. The van der Waals surface area contributed by atoms with E-state index in [1.807, 2.05) is 0 Å². The Morgan fingerprint density at radius 1 is 1.36 bits per heavy atom. The van der Waals surface area contributed by atoms with Crippen molar-refractivity contribution in [1.82, 2.24) is 5.43 Å². The first-order chi connectivity index (χ1) is 10.4. The third-order valence-corrected chi connectivity index (χ3v) is 2.86. The van der Waals surface area contributed by atoms with Crippen LogP contribution in [0, 0.1) is 24.0 Å². The molecular formula is C14H12N3O5-. The minimum Gasteiger partial charge on any atom is -0.872 e. The van der Waals surface area contributed by atoms with Gasteiger partial charge in [0.25, 0.3) is 11.6 Å². The highest BCUT2D eigenvalue weighted by Crippen LogP contribution is 2.19. The van der Waals surface area contributed by atoms with Crippen molar-refractivity contribution in [3.05, 3.63) is 57.0 Å². The Morgan fingerprint density at radius 3 is 2.68 bits per heavy atom. The molecule has 0 aliphatic heterocycles. The van der Waals surface area contributed by atoms with Crippen molar-refractivity contribution < 1.29 is 19.2 Å². The Morgan fingerprint density at radius 2 is 2.09 bits per heavy atom. The fourth-order valence-electron chi connectivity index (χ4n) is 1.83. The zero-order valence-corrected chi connectivity index (χ0v) is 11.8. The van der Waals surface area contributed by atoms with Gasteiger partial charge in [0.05, 0.1) is 16.7 Å². The summed E-state index contributed by atoms with van der Waals surface area (Å²) >= 11 is 0. The van der Waals surface area contributed by atoms with Gasteiger partial charge in [-0.15, -0.1) is 0 Å². The van der Waals surface area contributed by atoms with Crippen LogP contribution in [0.25, 0.3) is 0 Å². The molecule has 22 heavy (non-hydrogen) atoms. The van der Waals surface area contributed by atoms with E-state index in [1.165, 1.54) is 0 Å². The summed E-state index contributed by atoms with van der Waals surface area (Å²) < 4.78 is 5.22. The summed E-state index contributed by atoms with van der Waals surface area (Å²) in [7, 11) is 0. The first-order valence-corrected chi connectivity index (χ1v) is 6.24. The van der Waals surface area contributed by atoms with E-state index in [-0.39, 0.29) is 11.3 Å². The molecule has 1 N–H and O–H groups in total. The average molecular weight is 302 g/mol. The van der Waals surface area contributed by atoms with E-state index in [1.54, 1.807) is 19.9 Å². The third-order valence-electron chi connectivity index (χ3n) is 2.86. The molecule has 0 aliphatic rings. The van der Waals surface area contributed by atoms with Crippen LogP contribution in [-0.4, -0.2) is 17.0 Å². The lowest BCUT2D eigenvalue weighted by Crippen LogP contribution is -2.18. The van der Waals surface area contributed by atoms with Gasteiger partial charge in [0, 0.05) is 12.1 Å². The normalized spacial score (nSPS) is 10.8. The van der Waals surface area contributed by atoms with Crippen molar-refractivity contribution in [1.29, 1.82) is 0 Å². The number of carbonyl (C=O) groups excluding carboxylic acids is 1. The topological polar surface area (TPSA) is 121 Å². The van der Waals surface area contributed by atoms with E-state index in [9.17, 15) is 20.0 Å². The highest BCUT2D eigenvalue weighted by atomic mass is 16.6. The molecule has 0 spiro atoms. The Kier molecular flexibility index (Phi) is 4.21. The molecule has 1 heterocycles. The predicted molar refractivity (Wildman–Crippen MR) is 75.8 cm³/mol. The molecule has 0 unspecified atom stereocenters. The SMILES string of the molecule is Cc1cc(C(=O)N/N=C\c2cc([N+](=O)[O-])ccc2[O-])c(C)o1. The van der Waals surface area contributed by atoms with Gasteiger partial charge in [-0.05, 0) is 25.5 Å². The monoisotopic (exact) mass is 302 g/mol. The van der Waals surface area contributed by atoms with Crippen LogP contribution in [0.3, 0.4) is 0 Å². The number of hydrogen-bond donors (Lipinski definition) is 1. The van der Waals surface area contributed by atoms with Crippen LogP contribution >= 0.6 is 0 Å². The number of amides is 1. The first kappa shape index (κ1) is 15.2. The van der Waals surface area contributed by atoms with Gasteiger partial charge in [-0.3, -0.25) is 14.9 Å². The van der Waals surface area contributed by atoms with Crippen molar-refractivity contribution in [3.8, 4) is 5.75 Å². The van der Waals surface area contributed by atoms with Gasteiger partial charge >= 0.3 is 0 Å². The maximum atomic E-state index is 11.9. The number of non-ortho nitro benzene ring substituents is 1. The van der Waals surface area contributed by atoms with Crippen LogP contribution in [0.15, 0.2) is 33.8 Å². The number of nitrogens with zero attached hydrogens (tertiary/aromatic N) is 2. The second-order valence-corrected chi connectivity index (χ2v) is 4.51. The van der Waals surface area contributed by atoms with Crippen molar-refractivity contribution in [2.24, 2.45) is 5.10 Å². The molecule has 0 fully saturated rings. The molecule has 114 valence electrons. The van der Waals surface area contributed by atoms with Crippen LogP contribution in [0.4, 0.5) is 5.69 Å². The summed E-state index contributed by atoms with van der Waals surface area (Å²) in [6, 6.07) is 4.83. The molecular weight excluding hydrogens is 290 g/mol. The van der Waals surface area contributed by atoms with Crippen LogP contribution in [-0.2, 0) is 0 Å². The van der Waals surface area contributed by atoms with Crippen molar-refractivity contribution in [2.75, 3.05) is 0 Å². The predicted octanol–water partition coefficient (Wildman–Crippen LogP) is 1.64. The van der Waals surface area contributed by atoms with Gasteiger partial charge in [-0.2, -0.15) is 5.10 Å². The fraction of sp³-hybridized carbons (Fsp3) is 0.143. The van der Waals surface area contributed by atoms with Gasteiger partial charge in [0.15, 0.2) is 0 Å². The Balaban J connectivity index is 2.12. The summed E-state index contributed by atoms with van der Waals surface area (Å²) in [5.74, 6) is 0.111. The first-order valence-electron chi connectivity index (χ1n) is 6.24. The third kappa shape index (κ3) is 3.29. The number of rotatable bonds is 4. The molecule has 0 saturated carbocycles.